The maximum absolute atomic E-state index is 11.7. The third-order valence-corrected chi connectivity index (χ3v) is 1.10. The average molecular weight is 188 g/mol. The molecule has 3 nitrogen and oxygen atoms in total. The molecule has 0 bridgehead atoms. The summed E-state index contributed by atoms with van der Waals surface area (Å²) in [5, 5.41) is 8.38. The van der Waals surface area contributed by atoms with Crippen molar-refractivity contribution in [3.8, 4) is 11.9 Å². The fraction of sp³-hybridized carbons (Fsp3) is 0.143. The molecule has 1 aromatic rings. The smallest absolute Gasteiger partial charge is 0.386 e. The fourth-order valence-electron chi connectivity index (χ4n) is 0.667. The van der Waals surface area contributed by atoms with E-state index in [1.54, 1.807) is 0 Å². The number of ether oxygens (including phenoxy) is 1. The molecule has 0 aliphatic heterocycles. The minimum Gasteiger partial charge on any atom is -0.386 e. The van der Waals surface area contributed by atoms with E-state index in [9.17, 15) is 13.2 Å². The summed E-state index contributed by atoms with van der Waals surface area (Å²) in [5.41, 5.74) is -0.250. The Morgan fingerprint density at radius 3 is 2.69 bits per heavy atom. The highest BCUT2D eigenvalue weighted by atomic mass is 19.4. The van der Waals surface area contributed by atoms with Crippen LogP contribution in [0, 0.1) is 11.3 Å². The van der Waals surface area contributed by atoms with Crippen LogP contribution in [-0.2, 0) is 0 Å². The van der Waals surface area contributed by atoms with E-state index in [2.05, 4.69) is 9.72 Å². The zero-order chi connectivity index (χ0) is 9.90. The van der Waals surface area contributed by atoms with Gasteiger partial charge < -0.3 is 4.74 Å². The van der Waals surface area contributed by atoms with Gasteiger partial charge in [0.2, 0.25) is 5.88 Å². The lowest BCUT2D eigenvalue weighted by Crippen LogP contribution is -2.18. The van der Waals surface area contributed by atoms with Crippen molar-refractivity contribution in [3.05, 3.63) is 23.9 Å². The molecule has 0 aromatic carbocycles. The van der Waals surface area contributed by atoms with Gasteiger partial charge in [0.25, 0.3) is 0 Å². The number of aromatic nitrogens is 1. The van der Waals surface area contributed by atoms with Crippen molar-refractivity contribution < 1.29 is 17.9 Å². The van der Waals surface area contributed by atoms with Gasteiger partial charge in [-0.25, -0.2) is 4.98 Å². The molecule has 0 saturated heterocycles. The number of nitriles is 1. The monoisotopic (exact) mass is 188 g/mol. The first-order chi connectivity index (χ1) is 6.03. The molecule has 0 fully saturated rings. The summed E-state index contributed by atoms with van der Waals surface area (Å²) in [6, 6.07) is 4.07. The number of nitrogens with zero attached hydrogens (tertiary/aromatic N) is 2. The summed E-state index contributed by atoms with van der Waals surface area (Å²) in [4.78, 5) is 3.27. The average Bonchev–Trinajstić information content (AvgIpc) is 2.02. The second-order valence-electron chi connectivity index (χ2n) is 2.02. The van der Waals surface area contributed by atoms with Crippen LogP contribution in [0.25, 0.3) is 0 Å². The molecule has 1 aromatic heterocycles. The third-order valence-electron chi connectivity index (χ3n) is 1.10. The summed E-state index contributed by atoms with van der Waals surface area (Å²) < 4.78 is 38.5. The Labute approximate surface area is 71.4 Å². The molecular formula is C7H3F3N2O. The van der Waals surface area contributed by atoms with E-state index in [1.807, 2.05) is 0 Å². The molecule has 0 aliphatic carbocycles. The lowest BCUT2D eigenvalue weighted by molar-refractivity contribution is -0.276. The predicted molar refractivity (Wildman–Crippen MR) is 35.6 cm³/mol. The molecular weight excluding hydrogens is 185 g/mol. The molecule has 68 valence electrons. The number of rotatable bonds is 1. The van der Waals surface area contributed by atoms with Crippen molar-refractivity contribution in [2.75, 3.05) is 0 Å². The van der Waals surface area contributed by atoms with Crippen LogP contribution in [0.1, 0.15) is 5.56 Å². The van der Waals surface area contributed by atoms with Gasteiger partial charge in [0.1, 0.15) is 11.6 Å². The fourth-order valence-corrected chi connectivity index (χ4v) is 0.667. The summed E-state index contributed by atoms with van der Waals surface area (Å²) in [5.74, 6) is -0.725. The summed E-state index contributed by atoms with van der Waals surface area (Å²) >= 11 is 0. The van der Waals surface area contributed by atoms with E-state index in [0.717, 1.165) is 6.20 Å². The first kappa shape index (κ1) is 9.32. The zero-order valence-electron chi connectivity index (χ0n) is 6.17. The first-order valence-corrected chi connectivity index (χ1v) is 3.14. The highest BCUT2D eigenvalue weighted by molar-refractivity contribution is 5.37. The van der Waals surface area contributed by atoms with Crippen molar-refractivity contribution >= 4 is 0 Å². The van der Waals surface area contributed by atoms with Crippen LogP contribution in [0.15, 0.2) is 18.3 Å². The highest BCUT2D eigenvalue weighted by Crippen LogP contribution is 2.22. The maximum atomic E-state index is 11.7. The SMILES string of the molecule is N#Cc1cccnc1OC(F)(F)F. The molecule has 1 heterocycles. The molecule has 0 atom stereocenters. The lowest BCUT2D eigenvalue weighted by atomic mass is 10.3. The second kappa shape index (κ2) is 3.31. The molecule has 0 radical (unpaired) electrons. The van der Waals surface area contributed by atoms with Crippen LogP contribution in [0.4, 0.5) is 13.2 Å². The van der Waals surface area contributed by atoms with Crippen LogP contribution in [0.3, 0.4) is 0 Å². The van der Waals surface area contributed by atoms with Crippen molar-refractivity contribution in [1.29, 1.82) is 5.26 Å². The first-order valence-electron chi connectivity index (χ1n) is 3.14. The lowest BCUT2D eigenvalue weighted by Gasteiger charge is -2.07. The Kier molecular flexibility index (Phi) is 2.37. The van der Waals surface area contributed by atoms with Gasteiger partial charge in [-0.05, 0) is 12.1 Å². The summed E-state index contributed by atoms with van der Waals surface area (Å²) in [7, 11) is 0. The van der Waals surface area contributed by atoms with E-state index < -0.39 is 12.2 Å². The zero-order valence-corrected chi connectivity index (χ0v) is 6.17. The van der Waals surface area contributed by atoms with Crippen molar-refractivity contribution in [1.82, 2.24) is 4.98 Å². The standard InChI is InChI=1S/C7H3F3N2O/c8-7(9,10)13-6-5(4-11)2-1-3-12-6/h1-3H. The molecule has 0 amide bonds. The largest absolute Gasteiger partial charge is 0.574 e. The van der Waals surface area contributed by atoms with Gasteiger partial charge in [-0.3, -0.25) is 0 Å². The van der Waals surface area contributed by atoms with Gasteiger partial charge in [-0.2, -0.15) is 5.26 Å². The number of halogens is 3. The Morgan fingerprint density at radius 2 is 2.15 bits per heavy atom. The number of pyridine rings is 1. The third kappa shape index (κ3) is 2.63. The molecule has 6 heteroatoms. The van der Waals surface area contributed by atoms with Crippen molar-refractivity contribution in [2.45, 2.75) is 6.36 Å². The molecule has 0 spiro atoms. The molecule has 0 unspecified atom stereocenters. The molecule has 0 aliphatic rings. The van der Waals surface area contributed by atoms with Crippen LogP contribution in [0.5, 0.6) is 5.88 Å². The quantitative estimate of drug-likeness (QED) is 0.675. The summed E-state index contributed by atoms with van der Waals surface area (Å²) in [6.45, 7) is 0. The molecule has 0 N–H and O–H groups in total. The van der Waals surface area contributed by atoms with Gasteiger partial charge in [0.05, 0.1) is 0 Å². The van der Waals surface area contributed by atoms with Gasteiger partial charge in [-0.1, -0.05) is 0 Å². The van der Waals surface area contributed by atoms with E-state index in [1.165, 1.54) is 18.2 Å². The maximum Gasteiger partial charge on any atom is 0.574 e. The molecule has 0 saturated carbocycles. The minimum atomic E-state index is -4.82. The topological polar surface area (TPSA) is 45.9 Å². The normalized spacial score (nSPS) is 10.6. The van der Waals surface area contributed by atoms with E-state index in [-0.39, 0.29) is 5.56 Å². The van der Waals surface area contributed by atoms with Gasteiger partial charge in [0.15, 0.2) is 0 Å². The van der Waals surface area contributed by atoms with Gasteiger partial charge >= 0.3 is 6.36 Å². The number of hydrogen-bond acceptors (Lipinski definition) is 3. The highest BCUT2D eigenvalue weighted by Gasteiger charge is 2.32. The Morgan fingerprint density at radius 1 is 1.46 bits per heavy atom. The van der Waals surface area contributed by atoms with E-state index >= 15 is 0 Å². The van der Waals surface area contributed by atoms with Crippen molar-refractivity contribution in [2.24, 2.45) is 0 Å². The van der Waals surface area contributed by atoms with Crippen LogP contribution in [0.2, 0.25) is 0 Å². The second-order valence-corrected chi connectivity index (χ2v) is 2.02. The van der Waals surface area contributed by atoms with Crippen LogP contribution >= 0.6 is 0 Å². The van der Waals surface area contributed by atoms with E-state index in [0.29, 0.717) is 0 Å². The number of alkyl halides is 3. The van der Waals surface area contributed by atoms with Crippen LogP contribution < -0.4 is 4.74 Å². The Hall–Kier alpha value is -1.77. The van der Waals surface area contributed by atoms with Crippen LogP contribution in [-0.4, -0.2) is 11.3 Å². The number of hydrogen-bond donors (Lipinski definition) is 0. The van der Waals surface area contributed by atoms with Gasteiger partial charge in [0, 0.05) is 6.20 Å². The molecule has 1 rings (SSSR count). The van der Waals surface area contributed by atoms with Gasteiger partial charge in [-0.15, -0.1) is 13.2 Å². The van der Waals surface area contributed by atoms with Crippen molar-refractivity contribution in [3.63, 3.8) is 0 Å². The van der Waals surface area contributed by atoms with E-state index in [4.69, 9.17) is 5.26 Å². The Bertz CT molecular complexity index is 342. The predicted octanol–water partition coefficient (Wildman–Crippen LogP) is 1.85. The molecule has 13 heavy (non-hydrogen) atoms. The minimum absolute atomic E-state index is 0.250. The Balaban J connectivity index is 2.96. The summed E-state index contributed by atoms with van der Waals surface area (Å²) in [6.07, 6.45) is -3.71.